The fraction of sp³-hybridized carbons (Fsp3) is 0.211. The second kappa shape index (κ2) is 9.59. The third kappa shape index (κ3) is 6.99. The summed E-state index contributed by atoms with van der Waals surface area (Å²) in [7, 11) is 0. The smallest absolute Gasteiger partial charge is 0.251 e. The summed E-state index contributed by atoms with van der Waals surface area (Å²) in [5, 5.41) is 8.54. The van der Waals surface area contributed by atoms with E-state index in [4.69, 9.17) is 16.3 Å². The topological polar surface area (TPSA) is 96.5 Å². The van der Waals surface area contributed by atoms with Crippen molar-refractivity contribution in [3.8, 4) is 5.75 Å². The van der Waals surface area contributed by atoms with Crippen LogP contribution < -0.4 is 20.7 Å². The Morgan fingerprint density at radius 3 is 2.00 bits per heavy atom. The molecule has 3 N–H and O–H groups in total. The molecule has 0 aliphatic carbocycles. The van der Waals surface area contributed by atoms with Crippen LogP contribution in [-0.4, -0.2) is 30.9 Å². The van der Waals surface area contributed by atoms with Gasteiger partial charge in [-0.25, -0.2) is 0 Å². The Labute approximate surface area is 162 Å². The molecule has 0 aromatic heterocycles. The zero-order chi connectivity index (χ0) is 19.8. The molecule has 0 saturated heterocycles. The van der Waals surface area contributed by atoms with Crippen LogP contribution in [0.1, 0.15) is 24.2 Å². The molecule has 0 heterocycles. The molecule has 2 aromatic rings. The minimum atomic E-state index is -0.353. The van der Waals surface area contributed by atoms with Crippen LogP contribution in [-0.2, 0) is 9.59 Å². The van der Waals surface area contributed by atoms with Gasteiger partial charge in [-0.1, -0.05) is 11.6 Å². The Kier molecular flexibility index (Phi) is 7.19. The van der Waals surface area contributed by atoms with Gasteiger partial charge in [-0.3, -0.25) is 14.4 Å². The second-order valence-electron chi connectivity index (χ2n) is 5.72. The molecular formula is C19H20ClN3O4. The number of halogens is 1. The van der Waals surface area contributed by atoms with Crippen molar-refractivity contribution < 1.29 is 19.1 Å². The van der Waals surface area contributed by atoms with Crippen LogP contribution in [0.25, 0.3) is 0 Å². The monoisotopic (exact) mass is 389 g/mol. The number of rotatable bonds is 7. The first kappa shape index (κ1) is 20.3. The largest absolute Gasteiger partial charge is 0.492 e. The number of amides is 3. The van der Waals surface area contributed by atoms with Crippen LogP contribution in [0, 0.1) is 0 Å². The van der Waals surface area contributed by atoms with Gasteiger partial charge in [-0.05, 0) is 42.5 Å². The van der Waals surface area contributed by atoms with Gasteiger partial charge >= 0.3 is 0 Å². The molecule has 2 rings (SSSR count). The van der Waals surface area contributed by atoms with Gasteiger partial charge in [0.05, 0.1) is 6.54 Å². The zero-order valence-corrected chi connectivity index (χ0v) is 15.7. The molecule has 0 atom stereocenters. The highest BCUT2D eigenvalue weighted by molar-refractivity contribution is 6.30. The molecule has 0 saturated carbocycles. The number of carbonyl (C=O) groups excluding carboxylic acids is 3. The summed E-state index contributed by atoms with van der Waals surface area (Å²) in [5.41, 5.74) is 1.13. The van der Waals surface area contributed by atoms with Crippen molar-refractivity contribution in [3.05, 3.63) is 53.1 Å². The summed E-state index contributed by atoms with van der Waals surface area (Å²) in [6.45, 7) is 3.27. The molecule has 0 fully saturated rings. The summed E-state index contributed by atoms with van der Waals surface area (Å²) in [4.78, 5) is 34.9. The van der Waals surface area contributed by atoms with E-state index in [9.17, 15) is 14.4 Å². The summed E-state index contributed by atoms with van der Waals surface area (Å²) in [5.74, 6) is -0.266. The van der Waals surface area contributed by atoms with E-state index in [2.05, 4.69) is 16.0 Å². The Bertz CT molecular complexity index is 803. The van der Waals surface area contributed by atoms with Gasteiger partial charge in [0, 0.05) is 35.8 Å². The van der Waals surface area contributed by atoms with E-state index in [0.717, 1.165) is 0 Å². The van der Waals surface area contributed by atoms with Gasteiger partial charge in [0.15, 0.2) is 0 Å². The summed E-state index contributed by atoms with van der Waals surface area (Å²) < 4.78 is 5.51. The van der Waals surface area contributed by atoms with Crippen LogP contribution in [0.3, 0.4) is 0 Å². The molecule has 0 radical (unpaired) electrons. The molecule has 0 unspecified atom stereocenters. The highest BCUT2D eigenvalue weighted by atomic mass is 35.5. The molecule has 142 valence electrons. The van der Waals surface area contributed by atoms with Crippen molar-refractivity contribution in [1.82, 2.24) is 5.32 Å². The lowest BCUT2D eigenvalue weighted by Crippen LogP contribution is -2.28. The average Bonchev–Trinajstić information content (AvgIpc) is 2.58. The minimum Gasteiger partial charge on any atom is -0.492 e. The quantitative estimate of drug-likeness (QED) is 0.634. The highest BCUT2D eigenvalue weighted by Crippen LogP contribution is 2.19. The molecule has 2 aromatic carbocycles. The Morgan fingerprint density at radius 2 is 1.48 bits per heavy atom. The normalized spacial score (nSPS) is 10.0. The minimum absolute atomic E-state index is 0.275. The number of anilines is 2. The average molecular weight is 390 g/mol. The highest BCUT2D eigenvalue weighted by Gasteiger charge is 2.10. The third-order valence-electron chi connectivity index (χ3n) is 3.31. The first-order valence-corrected chi connectivity index (χ1v) is 8.58. The summed E-state index contributed by atoms with van der Waals surface area (Å²) >= 11 is 5.81. The predicted molar refractivity (Wildman–Crippen MR) is 104 cm³/mol. The van der Waals surface area contributed by atoms with E-state index < -0.39 is 0 Å². The zero-order valence-electron chi connectivity index (χ0n) is 15.0. The fourth-order valence-corrected chi connectivity index (χ4v) is 2.40. The van der Waals surface area contributed by atoms with Gasteiger partial charge in [0.25, 0.3) is 5.91 Å². The lowest BCUT2D eigenvalue weighted by atomic mass is 10.1. The van der Waals surface area contributed by atoms with Crippen LogP contribution >= 0.6 is 11.6 Å². The lowest BCUT2D eigenvalue weighted by Gasteiger charge is -2.11. The number of nitrogens with one attached hydrogen (secondary N) is 3. The predicted octanol–water partition coefficient (Wildman–Crippen LogP) is 3.07. The van der Waals surface area contributed by atoms with E-state index >= 15 is 0 Å². The number of hydrogen-bond acceptors (Lipinski definition) is 4. The summed E-state index contributed by atoms with van der Waals surface area (Å²) in [6.07, 6.45) is 0. The van der Waals surface area contributed by atoms with Crippen LogP contribution in [0.4, 0.5) is 11.4 Å². The van der Waals surface area contributed by atoms with Crippen LogP contribution in [0.2, 0.25) is 5.02 Å². The van der Waals surface area contributed by atoms with E-state index in [-0.39, 0.29) is 30.9 Å². The molecule has 27 heavy (non-hydrogen) atoms. The first-order valence-electron chi connectivity index (χ1n) is 8.20. The molecular weight excluding hydrogens is 370 g/mol. The van der Waals surface area contributed by atoms with Crippen molar-refractivity contribution in [2.75, 3.05) is 23.8 Å². The Hall–Kier alpha value is -3.06. The second-order valence-corrected chi connectivity index (χ2v) is 6.16. The van der Waals surface area contributed by atoms with E-state index in [1.807, 2.05) is 0 Å². The fourth-order valence-electron chi connectivity index (χ4n) is 2.28. The van der Waals surface area contributed by atoms with Crippen molar-refractivity contribution in [2.24, 2.45) is 0 Å². The molecule has 0 aliphatic heterocycles. The summed E-state index contributed by atoms with van der Waals surface area (Å²) in [6, 6.07) is 11.5. The van der Waals surface area contributed by atoms with Gasteiger partial charge in [-0.2, -0.15) is 0 Å². The molecule has 0 bridgehead atoms. The SMILES string of the molecule is CC(=O)Nc1cc(NC(C)=O)cc(C(=O)NCCOc2ccc(Cl)cc2)c1. The van der Waals surface area contributed by atoms with Crippen molar-refractivity contribution in [2.45, 2.75) is 13.8 Å². The molecule has 0 spiro atoms. The molecule has 7 nitrogen and oxygen atoms in total. The van der Waals surface area contributed by atoms with E-state index in [1.54, 1.807) is 30.3 Å². The van der Waals surface area contributed by atoms with Gasteiger partial charge in [-0.15, -0.1) is 0 Å². The standard InChI is InChI=1S/C19H20ClN3O4/c1-12(24)22-16-9-14(10-17(11-16)23-13(2)25)19(26)21-7-8-27-18-5-3-15(20)4-6-18/h3-6,9-11H,7-8H2,1-2H3,(H,21,26)(H,22,24)(H,23,25). The first-order chi connectivity index (χ1) is 12.8. The maximum absolute atomic E-state index is 12.4. The molecule has 0 aliphatic rings. The Balaban J connectivity index is 1.97. The molecule has 8 heteroatoms. The van der Waals surface area contributed by atoms with Crippen molar-refractivity contribution >= 4 is 40.7 Å². The number of benzene rings is 2. The van der Waals surface area contributed by atoms with Crippen molar-refractivity contribution in [3.63, 3.8) is 0 Å². The van der Waals surface area contributed by atoms with Gasteiger partial charge in [0.1, 0.15) is 12.4 Å². The van der Waals surface area contributed by atoms with Gasteiger partial charge in [0.2, 0.25) is 11.8 Å². The number of hydrogen-bond donors (Lipinski definition) is 3. The number of ether oxygens (including phenoxy) is 1. The Morgan fingerprint density at radius 1 is 0.926 bits per heavy atom. The maximum Gasteiger partial charge on any atom is 0.251 e. The van der Waals surface area contributed by atoms with Crippen LogP contribution in [0.5, 0.6) is 5.75 Å². The number of carbonyl (C=O) groups is 3. The maximum atomic E-state index is 12.4. The van der Waals surface area contributed by atoms with E-state index in [1.165, 1.54) is 26.0 Å². The van der Waals surface area contributed by atoms with E-state index in [0.29, 0.717) is 27.7 Å². The third-order valence-corrected chi connectivity index (χ3v) is 3.56. The molecule has 3 amide bonds. The van der Waals surface area contributed by atoms with Crippen molar-refractivity contribution in [1.29, 1.82) is 0 Å². The van der Waals surface area contributed by atoms with Gasteiger partial charge < -0.3 is 20.7 Å². The lowest BCUT2D eigenvalue weighted by molar-refractivity contribution is -0.115. The van der Waals surface area contributed by atoms with Crippen LogP contribution in [0.15, 0.2) is 42.5 Å².